The molecule has 20 heavy (non-hydrogen) atoms. The van der Waals surface area contributed by atoms with Crippen LogP contribution in [0, 0.1) is 5.92 Å². The molecule has 0 aliphatic rings. The Labute approximate surface area is 116 Å². The smallest absolute Gasteiger partial charge is 0.356 e. The van der Waals surface area contributed by atoms with E-state index in [0.717, 1.165) is 0 Å². The maximum Gasteiger partial charge on any atom is 0.356 e. The third kappa shape index (κ3) is 4.34. The van der Waals surface area contributed by atoms with Crippen molar-refractivity contribution in [2.45, 2.75) is 20.8 Å². The number of pyridine rings is 1. The number of rotatable bonds is 4. The van der Waals surface area contributed by atoms with Crippen molar-refractivity contribution < 1.29 is 19.1 Å². The molecule has 0 radical (unpaired) electrons. The van der Waals surface area contributed by atoms with Crippen LogP contribution in [0.25, 0.3) is 0 Å². The van der Waals surface area contributed by atoms with Gasteiger partial charge in [-0.3, -0.25) is 20.4 Å². The van der Waals surface area contributed by atoms with Gasteiger partial charge in [0.1, 0.15) is 5.69 Å². The second-order valence-corrected chi connectivity index (χ2v) is 4.25. The summed E-state index contributed by atoms with van der Waals surface area (Å²) in [7, 11) is 0. The Morgan fingerprint density at radius 2 is 1.95 bits per heavy atom. The zero-order valence-electron chi connectivity index (χ0n) is 11.6. The fourth-order valence-electron chi connectivity index (χ4n) is 1.19. The Balaban J connectivity index is 2.62. The van der Waals surface area contributed by atoms with Crippen molar-refractivity contribution in [2.75, 3.05) is 6.61 Å². The molecule has 1 rings (SSSR count). The van der Waals surface area contributed by atoms with Crippen molar-refractivity contribution in [3.63, 3.8) is 0 Å². The normalized spacial score (nSPS) is 10.0. The van der Waals surface area contributed by atoms with E-state index < -0.39 is 11.9 Å². The van der Waals surface area contributed by atoms with Crippen LogP contribution in [0.4, 0.5) is 0 Å². The topological polar surface area (TPSA) is 97.4 Å². The minimum absolute atomic E-state index is 0.120. The van der Waals surface area contributed by atoms with Crippen LogP contribution in [0.3, 0.4) is 0 Å². The summed E-state index contributed by atoms with van der Waals surface area (Å²) in [6.45, 7) is 5.36. The number of carbonyl (C=O) groups excluding carboxylic acids is 3. The summed E-state index contributed by atoms with van der Waals surface area (Å²) in [6, 6.07) is 2.81. The molecule has 0 fully saturated rings. The minimum atomic E-state index is -0.549. The van der Waals surface area contributed by atoms with E-state index in [4.69, 9.17) is 4.74 Å². The van der Waals surface area contributed by atoms with E-state index in [0.29, 0.717) is 0 Å². The second-order valence-electron chi connectivity index (χ2n) is 4.25. The minimum Gasteiger partial charge on any atom is -0.461 e. The molecule has 108 valence electrons. The summed E-state index contributed by atoms with van der Waals surface area (Å²) in [5.41, 5.74) is 4.88. The van der Waals surface area contributed by atoms with Gasteiger partial charge in [0.25, 0.3) is 5.91 Å². The summed E-state index contributed by atoms with van der Waals surface area (Å²) in [5, 5.41) is 0. The van der Waals surface area contributed by atoms with Gasteiger partial charge in [-0.1, -0.05) is 13.8 Å². The quantitative estimate of drug-likeness (QED) is 0.624. The first-order valence-electron chi connectivity index (χ1n) is 6.19. The highest BCUT2D eigenvalue weighted by Gasteiger charge is 2.12. The molecule has 0 unspecified atom stereocenters. The van der Waals surface area contributed by atoms with Crippen LogP contribution in [0.5, 0.6) is 0 Å². The predicted octanol–water partition coefficient (Wildman–Crippen LogP) is 0.675. The standard InChI is InChI=1S/C13H17N3O4/c1-4-20-13(19)10-6-5-9(7-14-10)12(18)16-15-11(17)8(2)3/h5-8H,4H2,1-3H3,(H,15,17)(H,16,18). The number of hydrazine groups is 1. The summed E-state index contributed by atoms with van der Waals surface area (Å²) < 4.78 is 4.77. The summed E-state index contributed by atoms with van der Waals surface area (Å²) in [4.78, 5) is 38.2. The fourth-order valence-corrected chi connectivity index (χ4v) is 1.19. The van der Waals surface area contributed by atoms with E-state index in [1.807, 2.05) is 0 Å². The number of amides is 2. The maximum absolute atomic E-state index is 11.7. The highest BCUT2D eigenvalue weighted by Crippen LogP contribution is 2.02. The number of hydrogen-bond acceptors (Lipinski definition) is 5. The van der Waals surface area contributed by atoms with E-state index >= 15 is 0 Å². The van der Waals surface area contributed by atoms with Crippen LogP contribution < -0.4 is 10.9 Å². The first-order valence-corrected chi connectivity index (χ1v) is 6.19. The molecule has 0 atom stereocenters. The largest absolute Gasteiger partial charge is 0.461 e. The van der Waals surface area contributed by atoms with Gasteiger partial charge in [0.05, 0.1) is 12.2 Å². The Kier molecular flexibility index (Phi) is 5.64. The van der Waals surface area contributed by atoms with Crippen molar-refractivity contribution in [1.29, 1.82) is 0 Å². The number of hydrogen-bond donors (Lipinski definition) is 2. The third-order valence-corrected chi connectivity index (χ3v) is 2.33. The summed E-state index contributed by atoms with van der Waals surface area (Å²) in [5.74, 6) is -1.59. The Morgan fingerprint density at radius 3 is 2.45 bits per heavy atom. The van der Waals surface area contributed by atoms with Crippen molar-refractivity contribution in [1.82, 2.24) is 15.8 Å². The van der Waals surface area contributed by atoms with Crippen molar-refractivity contribution >= 4 is 17.8 Å². The summed E-state index contributed by atoms with van der Waals surface area (Å²) >= 11 is 0. The van der Waals surface area contributed by atoms with E-state index in [9.17, 15) is 14.4 Å². The number of carbonyl (C=O) groups is 3. The van der Waals surface area contributed by atoms with Gasteiger partial charge in [0, 0.05) is 12.1 Å². The van der Waals surface area contributed by atoms with Crippen LogP contribution in [-0.4, -0.2) is 29.4 Å². The number of ether oxygens (including phenoxy) is 1. The summed E-state index contributed by atoms with van der Waals surface area (Å²) in [6.07, 6.45) is 1.24. The lowest BCUT2D eigenvalue weighted by Gasteiger charge is -2.09. The van der Waals surface area contributed by atoms with E-state index in [-0.39, 0.29) is 29.7 Å². The van der Waals surface area contributed by atoms with Crippen LogP contribution in [0.15, 0.2) is 18.3 Å². The zero-order chi connectivity index (χ0) is 15.1. The van der Waals surface area contributed by atoms with Crippen molar-refractivity contribution in [3.05, 3.63) is 29.6 Å². The van der Waals surface area contributed by atoms with Crippen molar-refractivity contribution in [3.8, 4) is 0 Å². The molecule has 0 spiro atoms. The van der Waals surface area contributed by atoms with Gasteiger partial charge in [0.15, 0.2) is 0 Å². The van der Waals surface area contributed by atoms with Gasteiger partial charge < -0.3 is 4.74 Å². The first kappa shape index (κ1) is 15.6. The van der Waals surface area contributed by atoms with Gasteiger partial charge >= 0.3 is 5.97 Å². The van der Waals surface area contributed by atoms with E-state index in [2.05, 4.69) is 15.8 Å². The van der Waals surface area contributed by atoms with Crippen LogP contribution in [-0.2, 0) is 9.53 Å². The highest BCUT2D eigenvalue weighted by atomic mass is 16.5. The number of esters is 1. The van der Waals surface area contributed by atoms with Gasteiger partial charge in [-0.2, -0.15) is 0 Å². The number of aromatic nitrogens is 1. The van der Waals surface area contributed by atoms with E-state index in [1.54, 1.807) is 20.8 Å². The number of nitrogens with zero attached hydrogens (tertiary/aromatic N) is 1. The molecule has 1 heterocycles. The molecule has 1 aromatic rings. The first-order chi connectivity index (χ1) is 9.45. The average Bonchev–Trinajstić information content (AvgIpc) is 2.44. The molecular formula is C13H17N3O4. The molecule has 0 bridgehead atoms. The zero-order valence-corrected chi connectivity index (χ0v) is 11.6. The van der Waals surface area contributed by atoms with Gasteiger partial charge in [-0.25, -0.2) is 9.78 Å². The molecule has 0 aliphatic carbocycles. The molecule has 0 aliphatic heterocycles. The van der Waals surface area contributed by atoms with E-state index in [1.165, 1.54) is 18.3 Å². The Hall–Kier alpha value is -2.44. The van der Waals surface area contributed by atoms with Crippen molar-refractivity contribution in [2.24, 2.45) is 5.92 Å². The molecule has 0 saturated carbocycles. The molecule has 7 heteroatoms. The van der Waals surface area contributed by atoms with Crippen LogP contribution >= 0.6 is 0 Å². The Bertz CT molecular complexity index is 497. The van der Waals surface area contributed by atoms with Crippen LogP contribution in [0.2, 0.25) is 0 Å². The molecule has 2 N–H and O–H groups in total. The lowest BCUT2D eigenvalue weighted by molar-refractivity contribution is -0.124. The average molecular weight is 279 g/mol. The molecule has 2 amide bonds. The van der Waals surface area contributed by atoms with Gasteiger partial charge in [-0.15, -0.1) is 0 Å². The molecule has 1 aromatic heterocycles. The lowest BCUT2D eigenvalue weighted by Crippen LogP contribution is -2.43. The molecular weight excluding hydrogens is 262 g/mol. The fraction of sp³-hybridized carbons (Fsp3) is 0.385. The second kappa shape index (κ2) is 7.22. The third-order valence-electron chi connectivity index (χ3n) is 2.33. The molecule has 0 saturated heterocycles. The van der Waals surface area contributed by atoms with Crippen LogP contribution in [0.1, 0.15) is 41.6 Å². The Morgan fingerprint density at radius 1 is 1.25 bits per heavy atom. The molecule has 7 nitrogen and oxygen atoms in total. The van der Waals surface area contributed by atoms with Gasteiger partial charge in [0.2, 0.25) is 5.91 Å². The highest BCUT2D eigenvalue weighted by molar-refractivity contribution is 5.96. The predicted molar refractivity (Wildman–Crippen MR) is 70.6 cm³/mol. The molecule has 0 aromatic carbocycles. The SMILES string of the molecule is CCOC(=O)c1ccc(C(=O)NNC(=O)C(C)C)cn1. The number of nitrogens with one attached hydrogen (secondary N) is 2. The maximum atomic E-state index is 11.7. The van der Waals surface area contributed by atoms with Gasteiger partial charge in [-0.05, 0) is 19.1 Å². The monoisotopic (exact) mass is 279 g/mol. The lowest BCUT2D eigenvalue weighted by atomic mass is 10.2.